The van der Waals surface area contributed by atoms with Crippen LogP contribution in [0.3, 0.4) is 0 Å². The quantitative estimate of drug-likeness (QED) is 0.631. The van der Waals surface area contributed by atoms with Gasteiger partial charge in [-0.25, -0.2) is 0 Å². The number of anilines is 1. The van der Waals surface area contributed by atoms with E-state index in [9.17, 15) is 10.1 Å². The molecule has 0 amide bonds. The van der Waals surface area contributed by atoms with E-state index >= 15 is 0 Å². The minimum absolute atomic E-state index is 0.154. The first-order chi connectivity index (χ1) is 10.7. The number of hydrogen-bond donors (Lipinski definition) is 0. The highest BCUT2D eigenvalue weighted by Gasteiger charge is 2.20. The fraction of sp³-hybridized carbons (Fsp3) is 0.333. The van der Waals surface area contributed by atoms with E-state index in [2.05, 4.69) is 29.2 Å². The fourth-order valence-electron chi connectivity index (χ4n) is 3.20. The highest BCUT2D eigenvalue weighted by molar-refractivity contribution is 5.51. The molecule has 2 aromatic carbocycles. The molecule has 0 spiro atoms. The van der Waals surface area contributed by atoms with Crippen LogP contribution in [-0.2, 0) is 6.42 Å². The Kier molecular flexibility index (Phi) is 4.37. The fourth-order valence-corrected chi connectivity index (χ4v) is 3.20. The van der Waals surface area contributed by atoms with Gasteiger partial charge in [-0.2, -0.15) is 0 Å². The molecule has 0 aliphatic carbocycles. The van der Waals surface area contributed by atoms with Crippen LogP contribution in [0, 0.1) is 16.0 Å². The molecule has 1 saturated heterocycles. The van der Waals surface area contributed by atoms with E-state index in [1.165, 1.54) is 18.4 Å². The van der Waals surface area contributed by atoms with Crippen LogP contribution in [-0.4, -0.2) is 18.0 Å². The maximum absolute atomic E-state index is 10.7. The third-order valence-corrected chi connectivity index (χ3v) is 4.31. The molecule has 0 bridgehead atoms. The van der Waals surface area contributed by atoms with Crippen LogP contribution in [0.15, 0.2) is 54.6 Å². The van der Waals surface area contributed by atoms with Crippen LogP contribution in [0.2, 0.25) is 0 Å². The van der Waals surface area contributed by atoms with E-state index in [0.29, 0.717) is 5.92 Å². The van der Waals surface area contributed by atoms with Crippen molar-refractivity contribution in [2.75, 3.05) is 18.0 Å². The van der Waals surface area contributed by atoms with Crippen molar-refractivity contribution in [1.82, 2.24) is 0 Å². The van der Waals surface area contributed by atoms with Crippen molar-refractivity contribution in [3.05, 3.63) is 70.3 Å². The lowest BCUT2D eigenvalue weighted by Gasteiger charge is -2.34. The molecule has 4 nitrogen and oxygen atoms in total. The molecule has 2 aromatic rings. The van der Waals surface area contributed by atoms with Crippen molar-refractivity contribution in [1.29, 1.82) is 0 Å². The van der Waals surface area contributed by atoms with Gasteiger partial charge in [-0.3, -0.25) is 10.1 Å². The molecule has 22 heavy (non-hydrogen) atoms. The molecular formula is C18H20N2O2. The first kappa shape index (κ1) is 14.6. The first-order valence-corrected chi connectivity index (χ1v) is 7.76. The molecule has 0 aromatic heterocycles. The van der Waals surface area contributed by atoms with E-state index in [1.54, 1.807) is 12.1 Å². The summed E-state index contributed by atoms with van der Waals surface area (Å²) in [5.74, 6) is 0.645. The number of non-ortho nitro benzene ring substituents is 1. The number of nitro groups is 1. The summed E-state index contributed by atoms with van der Waals surface area (Å²) >= 11 is 0. The second-order valence-corrected chi connectivity index (χ2v) is 5.92. The van der Waals surface area contributed by atoms with Gasteiger partial charge in [0.05, 0.1) is 4.92 Å². The predicted octanol–water partition coefficient (Wildman–Crippen LogP) is 4.05. The Labute approximate surface area is 130 Å². The van der Waals surface area contributed by atoms with Gasteiger partial charge in [0.15, 0.2) is 0 Å². The second kappa shape index (κ2) is 6.60. The molecule has 1 heterocycles. The van der Waals surface area contributed by atoms with Crippen molar-refractivity contribution in [2.45, 2.75) is 19.3 Å². The summed E-state index contributed by atoms with van der Waals surface area (Å²) < 4.78 is 0. The van der Waals surface area contributed by atoms with Crippen molar-refractivity contribution in [3.8, 4) is 0 Å². The van der Waals surface area contributed by atoms with Crippen LogP contribution >= 0.6 is 0 Å². The van der Waals surface area contributed by atoms with Crippen LogP contribution < -0.4 is 4.90 Å². The lowest BCUT2D eigenvalue weighted by Crippen LogP contribution is -2.36. The second-order valence-electron chi connectivity index (χ2n) is 5.92. The van der Waals surface area contributed by atoms with Crippen LogP contribution in [0.5, 0.6) is 0 Å². The van der Waals surface area contributed by atoms with Gasteiger partial charge in [0, 0.05) is 30.9 Å². The molecule has 3 rings (SSSR count). The topological polar surface area (TPSA) is 46.4 Å². The third kappa shape index (κ3) is 3.45. The van der Waals surface area contributed by atoms with Gasteiger partial charge in [-0.05, 0) is 42.9 Å². The Bertz CT molecular complexity index is 625. The Balaban J connectivity index is 1.66. The molecule has 0 N–H and O–H groups in total. The van der Waals surface area contributed by atoms with Gasteiger partial charge in [-0.15, -0.1) is 0 Å². The summed E-state index contributed by atoms with van der Waals surface area (Å²) in [6.07, 6.45) is 3.52. The number of nitrogens with zero attached hydrogens (tertiary/aromatic N) is 2. The van der Waals surface area contributed by atoms with Gasteiger partial charge < -0.3 is 4.90 Å². The SMILES string of the molecule is O=[N+]([O-])c1ccc(N2CCC[C@@H](Cc3ccccc3)C2)cc1. The van der Waals surface area contributed by atoms with E-state index in [1.807, 2.05) is 18.2 Å². The summed E-state index contributed by atoms with van der Waals surface area (Å²) in [5.41, 5.74) is 2.63. The third-order valence-electron chi connectivity index (χ3n) is 4.31. The number of hydrogen-bond acceptors (Lipinski definition) is 3. The minimum atomic E-state index is -0.349. The van der Waals surface area contributed by atoms with Gasteiger partial charge in [-0.1, -0.05) is 30.3 Å². The predicted molar refractivity (Wildman–Crippen MR) is 88.2 cm³/mol. The summed E-state index contributed by atoms with van der Waals surface area (Å²) in [7, 11) is 0. The minimum Gasteiger partial charge on any atom is -0.371 e. The monoisotopic (exact) mass is 296 g/mol. The molecule has 1 aliphatic heterocycles. The number of piperidine rings is 1. The standard InChI is InChI=1S/C18H20N2O2/c21-20(22)18-10-8-17(9-11-18)19-12-4-7-16(14-19)13-15-5-2-1-3-6-15/h1-3,5-6,8-11,16H,4,7,12-14H2/t16-/m0/s1. The summed E-state index contributed by atoms with van der Waals surface area (Å²) in [4.78, 5) is 12.7. The van der Waals surface area contributed by atoms with Crippen LogP contribution in [0.4, 0.5) is 11.4 Å². The highest BCUT2D eigenvalue weighted by Crippen LogP contribution is 2.26. The van der Waals surface area contributed by atoms with E-state index in [0.717, 1.165) is 25.2 Å². The average molecular weight is 296 g/mol. The molecule has 0 radical (unpaired) electrons. The average Bonchev–Trinajstić information content (AvgIpc) is 2.56. The number of nitro benzene ring substituents is 1. The van der Waals surface area contributed by atoms with Crippen molar-refractivity contribution in [2.24, 2.45) is 5.92 Å². The Hall–Kier alpha value is -2.36. The maximum Gasteiger partial charge on any atom is 0.269 e. The smallest absolute Gasteiger partial charge is 0.269 e. The van der Waals surface area contributed by atoms with Gasteiger partial charge >= 0.3 is 0 Å². The van der Waals surface area contributed by atoms with E-state index < -0.39 is 0 Å². The van der Waals surface area contributed by atoms with E-state index in [4.69, 9.17) is 0 Å². The zero-order valence-corrected chi connectivity index (χ0v) is 12.5. The van der Waals surface area contributed by atoms with Crippen molar-refractivity contribution >= 4 is 11.4 Å². The summed E-state index contributed by atoms with van der Waals surface area (Å²) in [5, 5.41) is 10.7. The zero-order chi connectivity index (χ0) is 15.4. The molecular weight excluding hydrogens is 276 g/mol. The summed E-state index contributed by atoms with van der Waals surface area (Å²) in [6.45, 7) is 2.05. The lowest BCUT2D eigenvalue weighted by atomic mass is 9.91. The number of benzene rings is 2. The Morgan fingerprint density at radius 1 is 1.09 bits per heavy atom. The number of rotatable bonds is 4. The van der Waals surface area contributed by atoms with E-state index in [-0.39, 0.29) is 10.6 Å². The van der Waals surface area contributed by atoms with Crippen molar-refractivity contribution < 1.29 is 4.92 Å². The molecule has 0 saturated carbocycles. The highest BCUT2D eigenvalue weighted by atomic mass is 16.6. The molecule has 1 atom stereocenters. The van der Waals surface area contributed by atoms with Gasteiger partial charge in [0.1, 0.15) is 0 Å². The normalized spacial score (nSPS) is 18.2. The maximum atomic E-state index is 10.7. The lowest BCUT2D eigenvalue weighted by molar-refractivity contribution is -0.384. The molecule has 1 aliphatic rings. The molecule has 0 unspecified atom stereocenters. The van der Waals surface area contributed by atoms with Crippen LogP contribution in [0.25, 0.3) is 0 Å². The molecule has 114 valence electrons. The van der Waals surface area contributed by atoms with Crippen molar-refractivity contribution in [3.63, 3.8) is 0 Å². The largest absolute Gasteiger partial charge is 0.371 e. The zero-order valence-electron chi connectivity index (χ0n) is 12.5. The molecule has 4 heteroatoms. The summed E-state index contributed by atoms with van der Waals surface area (Å²) in [6, 6.07) is 17.5. The first-order valence-electron chi connectivity index (χ1n) is 7.76. The van der Waals surface area contributed by atoms with Gasteiger partial charge in [0.2, 0.25) is 0 Å². The van der Waals surface area contributed by atoms with Crippen LogP contribution in [0.1, 0.15) is 18.4 Å². The Morgan fingerprint density at radius 3 is 2.50 bits per heavy atom. The molecule has 1 fully saturated rings. The van der Waals surface area contributed by atoms with Gasteiger partial charge in [0.25, 0.3) is 5.69 Å². The Morgan fingerprint density at radius 2 is 1.82 bits per heavy atom.